The van der Waals surface area contributed by atoms with Crippen LogP contribution in [-0.4, -0.2) is 47.3 Å². The second kappa shape index (κ2) is 8.23. The van der Waals surface area contributed by atoms with Crippen molar-refractivity contribution in [1.29, 1.82) is 0 Å². The number of pyridine rings is 3. The maximum absolute atomic E-state index is 10.7. The van der Waals surface area contributed by atoms with Gasteiger partial charge in [-0.15, -0.1) is 0 Å². The fraction of sp³-hybridized carbons (Fsp3) is 0.235. The Labute approximate surface area is 153 Å². The van der Waals surface area contributed by atoms with E-state index in [-0.39, 0.29) is 17.4 Å². The summed E-state index contributed by atoms with van der Waals surface area (Å²) >= 11 is 0. The zero-order valence-electron chi connectivity index (χ0n) is 14.6. The number of rotatable bonds is 8. The summed E-state index contributed by atoms with van der Waals surface area (Å²) in [6.45, 7) is 0.756. The molecule has 0 N–H and O–H groups in total. The van der Waals surface area contributed by atoms with Crippen LogP contribution in [0.5, 0.6) is 23.3 Å². The van der Waals surface area contributed by atoms with Gasteiger partial charge in [0.05, 0.1) is 24.2 Å². The van der Waals surface area contributed by atoms with Gasteiger partial charge in [-0.05, 0) is 0 Å². The molecule has 3 rings (SSSR count). The molecule has 0 radical (unpaired) electrons. The molecule has 27 heavy (non-hydrogen) atoms. The van der Waals surface area contributed by atoms with Crippen LogP contribution in [0.15, 0.2) is 36.7 Å². The molecule has 140 valence electrons. The van der Waals surface area contributed by atoms with Gasteiger partial charge in [0.2, 0.25) is 5.88 Å². The Hall–Kier alpha value is -3.53. The standard InChI is InChI=1S/C17H16N4O6/c1-24-7-8-26-14-9-12-16(20-17(14)25-2)13(5-6-18-12)27-15-4-3-11(10-19-15)21(22)23/h3-6,9-10H,7-8H2,1-2H3. The Morgan fingerprint density at radius 2 is 1.96 bits per heavy atom. The first-order chi connectivity index (χ1) is 13.1. The van der Waals surface area contributed by atoms with E-state index in [1.807, 2.05) is 0 Å². The summed E-state index contributed by atoms with van der Waals surface area (Å²) in [6.07, 6.45) is 2.67. The summed E-state index contributed by atoms with van der Waals surface area (Å²) in [6, 6.07) is 6.02. The summed E-state index contributed by atoms with van der Waals surface area (Å²) in [5, 5.41) is 10.7. The molecule has 10 heteroatoms. The third-order valence-corrected chi connectivity index (χ3v) is 3.49. The van der Waals surface area contributed by atoms with Gasteiger partial charge in [0.1, 0.15) is 18.3 Å². The molecular weight excluding hydrogens is 356 g/mol. The van der Waals surface area contributed by atoms with Gasteiger partial charge in [0, 0.05) is 37.6 Å². The second-order valence-electron chi connectivity index (χ2n) is 5.23. The van der Waals surface area contributed by atoms with Crippen LogP contribution < -0.4 is 14.2 Å². The lowest BCUT2D eigenvalue weighted by atomic mass is 10.3. The monoisotopic (exact) mass is 372 g/mol. The van der Waals surface area contributed by atoms with E-state index < -0.39 is 4.92 Å². The molecule has 0 aromatic carbocycles. The first-order valence-electron chi connectivity index (χ1n) is 7.86. The predicted molar refractivity (Wildman–Crippen MR) is 94.4 cm³/mol. The molecule has 10 nitrogen and oxygen atoms in total. The highest BCUT2D eigenvalue weighted by Gasteiger charge is 2.14. The molecule has 0 aliphatic rings. The zero-order chi connectivity index (χ0) is 19.2. The van der Waals surface area contributed by atoms with Crippen LogP contribution in [0, 0.1) is 10.1 Å². The quantitative estimate of drug-likeness (QED) is 0.334. The van der Waals surface area contributed by atoms with Gasteiger partial charge in [-0.1, -0.05) is 0 Å². The number of fused-ring (bicyclic) bond motifs is 1. The van der Waals surface area contributed by atoms with Crippen LogP contribution in [0.25, 0.3) is 11.0 Å². The number of aromatic nitrogens is 3. The van der Waals surface area contributed by atoms with E-state index >= 15 is 0 Å². The molecule has 0 amide bonds. The van der Waals surface area contributed by atoms with Gasteiger partial charge in [0.25, 0.3) is 11.6 Å². The highest BCUT2D eigenvalue weighted by molar-refractivity contribution is 5.83. The minimum Gasteiger partial charge on any atom is -0.485 e. The zero-order valence-corrected chi connectivity index (χ0v) is 14.6. The molecule has 0 spiro atoms. The highest BCUT2D eigenvalue weighted by atomic mass is 16.6. The lowest BCUT2D eigenvalue weighted by molar-refractivity contribution is -0.385. The van der Waals surface area contributed by atoms with Crippen LogP contribution in [-0.2, 0) is 4.74 Å². The lowest BCUT2D eigenvalue weighted by Crippen LogP contribution is -2.06. The van der Waals surface area contributed by atoms with Crippen molar-refractivity contribution in [2.24, 2.45) is 0 Å². The summed E-state index contributed by atoms with van der Waals surface area (Å²) < 4.78 is 21.6. The fourth-order valence-electron chi connectivity index (χ4n) is 2.23. The van der Waals surface area contributed by atoms with Gasteiger partial charge in [0.15, 0.2) is 11.5 Å². The van der Waals surface area contributed by atoms with Crippen molar-refractivity contribution in [3.05, 3.63) is 46.8 Å². The van der Waals surface area contributed by atoms with Crippen LogP contribution in [0.2, 0.25) is 0 Å². The van der Waals surface area contributed by atoms with E-state index in [9.17, 15) is 10.1 Å². The van der Waals surface area contributed by atoms with Crippen molar-refractivity contribution in [2.75, 3.05) is 27.4 Å². The summed E-state index contributed by atoms with van der Waals surface area (Å²) in [5.41, 5.74) is 0.843. The molecule has 0 aliphatic heterocycles. The number of ether oxygens (including phenoxy) is 4. The number of nitrogens with zero attached hydrogens (tertiary/aromatic N) is 4. The van der Waals surface area contributed by atoms with E-state index in [0.717, 1.165) is 6.20 Å². The molecule has 0 bridgehead atoms. The van der Waals surface area contributed by atoms with Crippen LogP contribution >= 0.6 is 0 Å². The third-order valence-electron chi connectivity index (χ3n) is 3.49. The SMILES string of the molecule is COCCOc1cc2nccc(Oc3ccc([N+](=O)[O-])cn3)c2nc1OC. The third kappa shape index (κ3) is 4.18. The van der Waals surface area contributed by atoms with Crippen molar-refractivity contribution < 1.29 is 23.9 Å². The van der Waals surface area contributed by atoms with Crippen molar-refractivity contribution in [3.63, 3.8) is 0 Å². The molecule has 3 aromatic rings. The Balaban J connectivity index is 1.92. The van der Waals surface area contributed by atoms with Crippen molar-refractivity contribution in [1.82, 2.24) is 15.0 Å². The topological polar surface area (TPSA) is 119 Å². The lowest BCUT2D eigenvalue weighted by Gasteiger charge is -2.12. The summed E-state index contributed by atoms with van der Waals surface area (Å²) in [4.78, 5) is 22.8. The summed E-state index contributed by atoms with van der Waals surface area (Å²) in [7, 11) is 3.06. The van der Waals surface area contributed by atoms with Crippen molar-refractivity contribution in [2.45, 2.75) is 0 Å². The average molecular weight is 372 g/mol. The van der Waals surface area contributed by atoms with Gasteiger partial charge in [-0.25, -0.2) is 9.97 Å². The summed E-state index contributed by atoms with van der Waals surface area (Å²) in [5.74, 6) is 1.27. The first-order valence-corrected chi connectivity index (χ1v) is 7.86. The minimum atomic E-state index is -0.532. The van der Waals surface area contributed by atoms with E-state index in [2.05, 4.69) is 15.0 Å². The van der Waals surface area contributed by atoms with Crippen LogP contribution in [0.3, 0.4) is 0 Å². The van der Waals surface area contributed by atoms with Gasteiger partial charge in [-0.3, -0.25) is 15.1 Å². The molecule has 3 heterocycles. The Morgan fingerprint density at radius 1 is 1.11 bits per heavy atom. The largest absolute Gasteiger partial charge is 0.485 e. The van der Waals surface area contributed by atoms with Crippen molar-refractivity contribution >= 4 is 16.7 Å². The van der Waals surface area contributed by atoms with E-state index in [1.165, 1.54) is 19.2 Å². The van der Waals surface area contributed by atoms with Crippen LogP contribution in [0.4, 0.5) is 5.69 Å². The molecule has 0 saturated carbocycles. The Bertz CT molecular complexity index is 948. The van der Waals surface area contributed by atoms with E-state index in [1.54, 1.807) is 25.4 Å². The molecule has 0 saturated heterocycles. The maximum Gasteiger partial charge on any atom is 0.287 e. The van der Waals surface area contributed by atoms with Gasteiger partial charge >= 0.3 is 0 Å². The van der Waals surface area contributed by atoms with E-state index in [0.29, 0.717) is 35.7 Å². The first kappa shape index (κ1) is 18.3. The fourth-order valence-corrected chi connectivity index (χ4v) is 2.23. The maximum atomic E-state index is 10.7. The van der Waals surface area contributed by atoms with Gasteiger partial charge in [-0.2, -0.15) is 0 Å². The van der Waals surface area contributed by atoms with Crippen LogP contribution in [0.1, 0.15) is 0 Å². The number of hydrogen-bond acceptors (Lipinski definition) is 9. The Kier molecular flexibility index (Phi) is 5.57. The second-order valence-corrected chi connectivity index (χ2v) is 5.23. The molecule has 0 unspecified atom stereocenters. The number of nitro groups is 1. The molecule has 3 aromatic heterocycles. The highest BCUT2D eigenvalue weighted by Crippen LogP contribution is 2.33. The predicted octanol–water partition coefficient (Wildman–Crippen LogP) is 2.76. The molecule has 0 aliphatic carbocycles. The van der Waals surface area contributed by atoms with Crippen molar-refractivity contribution in [3.8, 4) is 23.3 Å². The molecule has 0 fully saturated rings. The molecule has 0 atom stereocenters. The normalized spacial score (nSPS) is 10.6. The molecular formula is C17H16N4O6. The Morgan fingerprint density at radius 3 is 2.63 bits per heavy atom. The average Bonchev–Trinajstić information content (AvgIpc) is 2.68. The van der Waals surface area contributed by atoms with Gasteiger partial charge < -0.3 is 18.9 Å². The number of hydrogen-bond donors (Lipinski definition) is 0. The smallest absolute Gasteiger partial charge is 0.287 e. The van der Waals surface area contributed by atoms with E-state index in [4.69, 9.17) is 18.9 Å². The number of methoxy groups -OCH3 is 2. The minimum absolute atomic E-state index is 0.125.